The van der Waals surface area contributed by atoms with Gasteiger partial charge in [-0.15, -0.1) is 0 Å². The fourth-order valence-corrected chi connectivity index (χ4v) is 3.65. The molecule has 0 fully saturated rings. The second kappa shape index (κ2) is 7.77. The smallest absolute Gasteiger partial charge is 0.257 e. The van der Waals surface area contributed by atoms with Crippen molar-refractivity contribution in [3.63, 3.8) is 0 Å². The van der Waals surface area contributed by atoms with E-state index in [0.717, 1.165) is 33.3 Å². The number of amides is 1. The van der Waals surface area contributed by atoms with Gasteiger partial charge < -0.3 is 4.74 Å². The molecule has 1 amide bonds. The number of unbranched alkanes of at least 4 members (excludes halogenated alkanes) is 1. The van der Waals surface area contributed by atoms with Gasteiger partial charge >= 0.3 is 0 Å². The molecule has 0 aliphatic heterocycles. The van der Waals surface area contributed by atoms with E-state index in [0.29, 0.717) is 17.3 Å². The first-order valence-electron chi connectivity index (χ1n) is 7.76. The molecule has 0 saturated carbocycles. The van der Waals surface area contributed by atoms with Crippen LogP contribution in [0.4, 0.5) is 5.13 Å². The summed E-state index contributed by atoms with van der Waals surface area (Å²) in [5.74, 6) is 0.606. The summed E-state index contributed by atoms with van der Waals surface area (Å²) in [6.07, 6.45) is 2.12. The summed E-state index contributed by atoms with van der Waals surface area (Å²) in [6, 6.07) is 13.0. The number of rotatable bonds is 6. The van der Waals surface area contributed by atoms with Crippen LogP contribution in [0.2, 0.25) is 0 Å². The first-order valence-corrected chi connectivity index (χ1v) is 9.37. The minimum absolute atomic E-state index is 0.176. The lowest BCUT2D eigenvalue weighted by molar-refractivity contribution is 0.102. The minimum Gasteiger partial charge on any atom is -0.494 e. The summed E-state index contributed by atoms with van der Waals surface area (Å²) in [4.78, 5) is 16.8. The van der Waals surface area contributed by atoms with Crippen molar-refractivity contribution >= 4 is 48.5 Å². The van der Waals surface area contributed by atoms with Crippen molar-refractivity contribution in [3.05, 3.63) is 52.5 Å². The van der Waals surface area contributed by atoms with E-state index in [1.807, 2.05) is 30.3 Å². The lowest BCUT2D eigenvalue weighted by Crippen LogP contribution is -2.11. The number of aromatic nitrogens is 1. The molecule has 0 bridgehead atoms. The van der Waals surface area contributed by atoms with Gasteiger partial charge in [-0.05, 0) is 58.7 Å². The molecule has 1 N–H and O–H groups in total. The predicted molar refractivity (Wildman–Crippen MR) is 102 cm³/mol. The van der Waals surface area contributed by atoms with Crippen molar-refractivity contribution in [2.45, 2.75) is 19.8 Å². The quantitative estimate of drug-likeness (QED) is 0.552. The number of para-hydroxylation sites is 1. The number of thiazole rings is 1. The number of halogens is 1. The highest BCUT2D eigenvalue weighted by atomic mass is 79.9. The van der Waals surface area contributed by atoms with Gasteiger partial charge in [0.2, 0.25) is 0 Å². The molecule has 124 valence electrons. The first-order chi connectivity index (χ1) is 11.7. The van der Waals surface area contributed by atoms with Gasteiger partial charge in [-0.1, -0.05) is 30.7 Å². The largest absolute Gasteiger partial charge is 0.494 e. The standard InChI is InChI=1S/C18H17BrN2O2S/c1-2-3-11-23-13-9-7-12(8-10-13)17(22)21-18-20-16-14(19)5-4-6-15(16)24-18/h4-10H,2-3,11H2,1H3,(H,20,21,22). The molecule has 3 aromatic rings. The maximum Gasteiger partial charge on any atom is 0.257 e. The normalized spacial score (nSPS) is 10.8. The van der Waals surface area contributed by atoms with Crippen LogP contribution >= 0.6 is 27.3 Å². The SMILES string of the molecule is CCCCOc1ccc(C(=O)Nc2nc3c(Br)cccc3s2)cc1. The third-order valence-corrected chi connectivity index (χ3v) is 5.05. The number of anilines is 1. The van der Waals surface area contributed by atoms with Crippen LogP contribution in [0.15, 0.2) is 46.9 Å². The minimum atomic E-state index is -0.176. The van der Waals surface area contributed by atoms with Crippen LogP contribution in [0.1, 0.15) is 30.1 Å². The van der Waals surface area contributed by atoms with Crippen LogP contribution in [-0.4, -0.2) is 17.5 Å². The fraction of sp³-hybridized carbons (Fsp3) is 0.222. The third-order valence-electron chi connectivity index (χ3n) is 3.47. The molecule has 6 heteroatoms. The van der Waals surface area contributed by atoms with Crippen molar-refractivity contribution in [1.82, 2.24) is 4.98 Å². The maximum absolute atomic E-state index is 12.4. The van der Waals surface area contributed by atoms with Crippen LogP contribution in [0.5, 0.6) is 5.75 Å². The van der Waals surface area contributed by atoms with Gasteiger partial charge in [0.05, 0.1) is 16.8 Å². The van der Waals surface area contributed by atoms with Crippen LogP contribution in [0.25, 0.3) is 10.2 Å². The highest BCUT2D eigenvalue weighted by Gasteiger charge is 2.11. The zero-order chi connectivity index (χ0) is 16.9. The van der Waals surface area contributed by atoms with E-state index in [1.165, 1.54) is 11.3 Å². The Bertz CT molecular complexity index is 846. The summed E-state index contributed by atoms with van der Waals surface area (Å²) in [5, 5.41) is 3.44. The molecule has 0 unspecified atom stereocenters. The van der Waals surface area contributed by atoms with Crippen molar-refractivity contribution in [2.75, 3.05) is 11.9 Å². The summed E-state index contributed by atoms with van der Waals surface area (Å²) >= 11 is 4.93. The first kappa shape index (κ1) is 16.9. The van der Waals surface area contributed by atoms with Crippen molar-refractivity contribution in [3.8, 4) is 5.75 Å². The van der Waals surface area contributed by atoms with E-state index in [2.05, 4.69) is 33.2 Å². The summed E-state index contributed by atoms with van der Waals surface area (Å²) in [7, 11) is 0. The molecular weight excluding hydrogens is 388 g/mol. The molecule has 1 aromatic heterocycles. The topological polar surface area (TPSA) is 51.2 Å². The number of ether oxygens (including phenoxy) is 1. The second-order valence-electron chi connectivity index (χ2n) is 5.29. The Labute approximate surface area is 153 Å². The summed E-state index contributed by atoms with van der Waals surface area (Å²) in [6.45, 7) is 2.82. The van der Waals surface area contributed by atoms with Gasteiger partial charge in [0.25, 0.3) is 5.91 Å². The third kappa shape index (κ3) is 3.94. The number of nitrogens with one attached hydrogen (secondary N) is 1. The van der Waals surface area contributed by atoms with Crippen LogP contribution in [0.3, 0.4) is 0 Å². The Kier molecular flexibility index (Phi) is 5.48. The van der Waals surface area contributed by atoms with Gasteiger partial charge in [-0.3, -0.25) is 10.1 Å². The predicted octanol–water partition coefficient (Wildman–Crippen LogP) is 5.49. The molecule has 0 aliphatic rings. The number of benzene rings is 2. The summed E-state index contributed by atoms with van der Waals surface area (Å²) in [5.41, 5.74) is 1.44. The fourth-order valence-electron chi connectivity index (χ4n) is 2.17. The molecular formula is C18H17BrN2O2S. The number of carbonyl (C=O) groups excluding carboxylic acids is 1. The summed E-state index contributed by atoms with van der Waals surface area (Å²) < 4.78 is 7.55. The zero-order valence-corrected chi connectivity index (χ0v) is 15.6. The van der Waals surface area contributed by atoms with Crippen LogP contribution in [-0.2, 0) is 0 Å². The Morgan fingerprint density at radius 1 is 1.25 bits per heavy atom. The highest BCUT2D eigenvalue weighted by molar-refractivity contribution is 9.10. The average molecular weight is 405 g/mol. The molecule has 0 atom stereocenters. The van der Waals surface area contributed by atoms with Gasteiger partial charge in [-0.2, -0.15) is 0 Å². The molecule has 0 aliphatic carbocycles. The molecule has 0 radical (unpaired) electrons. The van der Waals surface area contributed by atoms with E-state index in [4.69, 9.17) is 4.74 Å². The van der Waals surface area contributed by atoms with Crippen LogP contribution < -0.4 is 10.1 Å². The molecule has 3 rings (SSSR count). The zero-order valence-electron chi connectivity index (χ0n) is 13.2. The van der Waals surface area contributed by atoms with Gasteiger partial charge in [0, 0.05) is 10.0 Å². The lowest BCUT2D eigenvalue weighted by Gasteiger charge is -2.06. The Balaban J connectivity index is 1.68. The van der Waals surface area contributed by atoms with E-state index in [-0.39, 0.29) is 5.91 Å². The highest BCUT2D eigenvalue weighted by Crippen LogP contribution is 2.31. The lowest BCUT2D eigenvalue weighted by atomic mass is 10.2. The monoisotopic (exact) mass is 404 g/mol. The van der Waals surface area contributed by atoms with Crippen LogP contribution in [0, 0.1) is 0 Å². The van der Waals surface area contributed by atoms with Crippen molar-refractivity contribution < 1.29 is 9.53 Å². The molecule has 24 heavy (non-hydrogen) atoms. The molecule has 2 aromatic carbocycles. The molecule has 1 heterocycles. The van der Waals surface area contributed by atoms with Gasteiger partial charge in [-0.25, -0.2) is 4.98 Å². The van der Waals surface area contributed by atoms with Gasteiger partial charge in [0.1, 0.15) is 5.75 Å². The molecule has 0 saturated heterocycles. The van der Waals surface area contributed by atoms with E-state index >= 15 is 0 Å². The number of hydrogen-bond acceptors (Lipinski definition) is 4. The maximum atomic E-state index is 12.4. The Hall–Kier alpha value is -1.92. The van der Waals surface area contributed by atoms with E-state index in [1.54, 1.807) is 12.1 Å². The van der Waals surface area contributed by atoms with E-state index < -0.39 is 0 Å². The second-order valence-corrected chi connectivity index (χ2v) is 7.17. The molecule has 0 spiro atoms. The Morgan fingerprint density at radius 3 is 2.75 bits per heavy atom. The number of nitrogens with zero attached hydrogens (tertiary/aromatic N) is 1. The van der Waals surface area contributed by atoms with Crippen molar-refractivity contribution in [1.29, 1.82) is 0 Å². The van der Waals surface area contributed by atoms with Gasteiger partial charge in [0.15, 0.2) is 5.13 Å². The number of hydrogen-bond donors (Lipinski definition) is 1. The van der Waals surface area contributed by atoms with E-state index in [9.17, 15) is 4.79 Å². The number of carbonyl (C=O) groups is 1. The molecule has 4 nitrogen and oxygen atoms in total. The average Bonchev–Trinajstić information content (AvgIpc) is 2.99. The Morgan fingerprint density at radius 2 is 2.04 bits per heavy atom. The van der Waals surface area contributed by atoms with Crippen molar-refractivity contribution in [2.24, 2.45) is 0 Å². The number of fused-ring (bicyclic) bond motifs is 1.